The van der Waals surface area contributed by atoms with Gasteiger partial charge >= 0.3 is 0 Å². The normalized spacial score (nSPS) is 10.6. The van der Waals surface area contributed by atoms with Gasteiger partial charge in [-0.25, -0.2) is 0 Å². The lowest BCUT2D eigenvalue weighted by molar-refractivity contribution is -0.122. The lowest BCUT2D eigenvalue weighted by Crippen LogP contribution is -2.24. The first-order chi connectivity index (χ1) is 11.5. The molecule has 0 unspecified atom stereocenters. The molecule has 0 aliphatic rings. The van der Waals surface area contributed by atoms with E-state index in [0.29, 0.717) is 26.9 Å². The van der Waals surface area contributed by atoms with E-state index in [1.807, 2.05) is 0 Å². The van der Waals surface area contributed by atoms with Crippen molar-refractivity contribution in [2.24, 2.45) is 0 Å². The van der Waals surface area contributed by atoms with Crippen LogP contribution in [0.1, 0.15) is 15.9 Å². The SMILES string of the molecule is CNC(=O)COc1ccc(C(=O)/C=C/c2ccc(Cl)cc2Cl)cc1. The van der Waals surface area contributed by atoms with E-state index in [1.54, 1.807) is 48.5 Å². The minimum atomic E-state index is -0.224. The van der Waals surface area contributed by atoms with E-state index in [-0.39, 0.29) is 18.3 Å². The van der Waals surface area contributed by atoms with Gasteiger partial charge in [0.25, 0.3) is 5.91 Å². The van der Waals surface area contributed by atoms with Crippen molar-refractivity contribution in [3.05, 3.63) is 69.7 Å². The van der Waals surface area contributed by atoms with Gasteiger partial charge in [0.15, 0.2) is 12.4 Å². The summed E-state index contributed by atoms with van der Waals surface area (Å²) in [6.45, 7) is -0.0707. The van der Waals surface area contributed by atoms with Gasteiger partial charge in [0.2, 0.25) is 0 Å². The van der Waals surface area contributed by atoms with E-state index in [2.05, 4.69) is 5.32 Å². The first-order valence-electron chi connectivity index (χ1n) is 7.10. The van der Waals surface area contributed by atoms with Gasteiger partial charge in [0, 0.05) is 22.7 Å². The Balaban J connectivity index is 2.02. The summed E-state index contributed by atoms with van der Waals surface area (Å²) in [6.07, 6.45) is 3.08. The van der Waals surface area contributed by atoms with Crippen LogP contribution in [-0.4, -0.2) is 25.3 Å². The van der Waals surface area contributed by atoms with Crippen LogP contribution in [0.3, 0.4) is 0 Å². The van der Waals surface area contributed by atoms with E-state index in [1.165, 1.54) is 13.1 Å². The van der Waals surface area contributed by atoms with Crippen molar-refractivity contribution in [3.8, 4) is 5.75 Å². The molecule has 4 nitrogen and oxygen atoms in total. The lowest BCUT2D eigenvalue weighted by Gasteiger charge is -2.05. The van der Waals surface area contributed by atoms with Crippen LogP contribution in [0.4, 0.5) is 0 Å². The molecule has 2 aromatic carbocycles. The highest BCUT2D eigenvalue weighted by Crippen LogP contribution is 2.22. The monoisotopic (exact) mass is 363 g/mol. The molecule has 0 aliphatic heterocycles. The number of ether oxygens (including phenoxy) is 1. The highest BCUT2D eigenvalue weighted by Gasteiger charge is 2.05. The van der Waals surface area contributed by atoms with Crippen LogP contribution in [0, 0.1) is 0 Å². The highest BCUT2D eigenvalue weighted by atomic mass is 35.5. The minimum Gasteiger partial charge on any atom is -0.484 e. The standard InChI is InChI=1S/C18H15Cl2NO3/c1-21-18(23)11-24-15-7-3-13(4-8-15)17(22)9-5-12-2-6-14(19)10-16(12)20/h2-10H,11H2,1H3,(H,21,23)/b9-5+. The van der Waals surface area contributed by atoms with E-state index in [0.717, 1.165) is 0 Å². The maximum Gasteiger partial charge on any atom is 0.257 e. The molecule has 24 heavy (non-hydrogen) atoms. The molecule has 1 amide bonds. The van der Waals surface area contributed by atoms with E-state index in [9.17, 15) is 9.59 Å². The molecule has 0 aliphatic carbocycles. The number of ketones is 1. The van der Waals surface area contributed by atoms with Crippen molar-refractivity contribution in [2.45, 2.75) is 0 Å². The molecule has 0 aromatic heterocycles. The number of benzene rings is 2. The second kappa shape index (κ2) is 8.52. The van der Waals surface area contributed by atoms with Gasteiger partial charge in [-0.2, -0.15) is 0 Å². The summed E-state index contributed by atoms with van der Waals surface area (Å²) in [6, 6.07) is 11.6. The summed E-state index contributed by atoms with van der Waals surface area (Å²) in [4.78, 5) is 23.3. The van der Waals surface area contributed by atoms with Gasteiger partial charge in [-0.1, -0.05) is 29.3 Å². The number of carbonyl (C=O) groups excluding carboxylic acids is 2. The molecule has 2 rings (SSSR count). The van der Waals surface area contributed by atoms with Crippen molar-refractivity contribution in [1.82, 2.24) is 5.32 Å². The Labute approximate surface area is 150 Å². The summed E-state index contributed by atoms with van der Waals surface area (Å²) < 4.78 is 5.28. The molecule has 0 bridgehead atoms. The van der Waals surface area contributed by atoms with Gasteiger partial charge in [-0.3, -0.25) is 9.59 Å². The van der Waals surface area contributed by atoms with Gasteiger partial charge < -0.3 is 10.1 Å². The number of likely N-dealkylation sites (N-methyl/N-ethyl adjacent to an activating group) is 1. The molecular formula is C18H15Cl2NO3. The zero-order valence-electron chi connectivity index (χ0n) is 12.9. The summed E-state index contributed by atoms with van der Waals surface area (Å²) in [5.74, 6) is 0.122. The molecule has 0 radical (unpaired) electrons. The fourth-order valence-electron chi connectivity index (χ4n) is 1.83. The molecular weight excluding hydrogens is 349 g/mol. The number of rotatable bonds is 6. The molecule has 0 saturated carbocycles. The number of allylic oxidation sites excluding steroid dienone is 1. The molecule has 0 spiro atoms. The van der Waals surface area contributed by atoms with Crippen LogP contribution in [-0.2, 0) is 4.79 Å². The van der Waals surface area contributed by atoms with E-state index >= 15 is 0 Å². The quantitative estimate of drug-likeness (QED) is 0.622. The molecule has 2 aromatic rings. The van der Waals surface area contributed by atoms with Crippen LogP contribution >= 0.6 is 23.2 Å². The lowest BCUT2D eigenvalue weighted by atomic mass is 10.1. The van der Waals surface area contributed by atoms with Crippen molar-refractivity contribution >= 4 is 41.0 Å². The zero-order chi connectivity index (χ0) is 17.5. The molecule has 124 valence electrons. The van der Waals surface area contributed by atoms with Gasteiger partial charge in [0.1, 0.15) is 5.75 Å². The third kappa shape index (κ3) is 5.11. The Kier molecular flexibility index (Phi) is 6.41. The third-order valence-corrected chi connectivity index (χ3v) is 3.73. The van der Waals surface area contributed by atoms with Gasteiger partial charge in [-0.15, -0.1) is 0 Å². The largest absolute Gasteiger partial charge is 0.484 e. The molecule has 0 heterocycles. The molecule has 1 N–H and O–H groups in total. The maximum atomic E-state index is 12.2. The van der Waals surface area contributed by atoms with Crippen molar-refractivity contribution in [2.75, 3.05) is 13.7 Å². The van der Waals surface area contributed by atoms with Crippen molar-refractivity contribution in [3.63, 3.8) is 0 Å². The topological polar surface area (TPSA) is 55.4 Å². The summed E-state index contributed by atoms with van der Waals surface area (Å²) in [5.41, 5.74) is 1.21. The van der Waals surface area contributed by atoms with Crippen molar-refractivity contribution < 1.29 is 14.3 Å². The first-order valence-corrected chi connectivity index (χ1v) is 7.86. The smallest absolute Gasteiger partial charge is 0.257 e. The zero-order valence-corrected chi connectivity index (χ0v) is 14.4. The second-order valence-electron chi connectivity index (χ2n) is 4.85. The molecule has 0 atom stereocenters. The Morgan fingerprint density at radius 3 is 2.46 bits per heavy atom. The fourth-order valence-corrected chi connectivity index (χ4v) is 2.31. The number of hydrogen-bond acceptors (Lipinski definition) is 3. The van der Waals surface area contributed by atoms with Crippen LogP contribution in [0.5, 0.6) is 5.75 Å². The Morgan fingerprint density at radius 2 is 1.83 bits per heavy atom. The summed E-state index contributed by atoms with van der Waals surface area (Å²) in [7, 11) is 1.53. The Bertz CT molecular complexity index is 770. The number of nitrogens with one attached hydrogen (secondary N) is 1. The van der Waals surface area contributed by atoms with Crippen LogP contribution < -0.4 is 10.1 Å². The highest BCUT2D eigenvalue weighted by molar-refractivity contribution is 6.35. The minimum absolute atomic E-state index is 0.0707. The molecule has 0 saturated heterocycles. The first kappa shape index (κ1) is 18.0. The number of halogens is 2. The number of amides is 1. The average Bonchev–Trinajstić information content (AvgIpc) is 2.59. The Hall–Kier alpha value is -2.30. The predicted molar refractivity (Wildman–Crippen MR) is 95.8 cm³/mol. The van der Waals surface area contributed by atoms with Gasteiger partial charge in [0.05, 0.1) is 0 Å². The van der Waals surface area contributed by atoms with E-state index in [4.69, 9.17) is 27.9 Å². The second-order valence-corrected chi connectivity index (χ2v) is 5.69. The molecule has 0 fully saturated rings. The number of hydrogen-bond donors (Lipinski definition) is 1. The maximum absolute atomic E-state index is 12.2. The summed E-state index contributed by atoms with van der Waals surface area (Å²) >= 11 is 11.9. The van der Waals surface area contributed by atoms with Crippen LogP contribution in [0.25, 0.3) is 6.08 Å². The van der Waals surface area contributed by atoms with Crippen LogP contribution in [0.15, 0.2) is 48.5 Å². The Morgan fingerprint density at radius 1 is 1.12 bits per heavy atom. The average molecular weight is 364 g/mol. The van der Waals surface area contributed by atoms with Crippen LogP contribution in [0.2, 0.25) is 10.0 Å². The van der Waals surface area contributed by atoms with E-state index < -0.39 is 0 Å². The summed E-state index contributed by atoms with van der Waals surface area (Å²) in [5, 5.41) is 3.47. The predicted octanol–water partition coefficient (Wildman–Crippen LogP) is 4.01. The molecule has 6 heteroatoms. The van der Waals surface area contributed by atoms with Gasteiger partial charge in [-0.05, 0) is 54.1 Å². The number of carbonyl (C=O) groups is 2. The van der Waals surface area contributed by atoms with Crippen molar-refractivity contribution in [1.29, 1.82) is 0 Å². The third-order valence-electron chi connectivity index (χ3n) is 3.16. The fraction of sp³-hybridized carbons (Fsp3) is 0.111.